The van der Waals surface area contributed by atoms with Gasteiger partial charge < -0.3 is 4.42 Å². The van der Waals surface area contributed by atoms with Crippen molar-refractivity contribution < 1.29 is 14.1 Å². The number of rotatable bonds is 6. The molecule has 1 amide bonds. The zero-order valence-electron chi connectivity index (χ0n) is 14.8. The van der Waals surface area contributed by atoms with Crippen LogP contribution in [0, 0.1) is 16.0 Å². The van der Waals surface area contributed by atoms with Gasteiger partial charge in [-0.05, 0) is 42.2 Å². The number of amides is 1. The summed E-state index contributed by atoms with van der Waals surface area (Å²) in [5, 5.41) is 14.7. The van der Waals surface area contributed by atoms with Gasteiger partial charge in [-0.25, -0.2) is 5.43 Å². The van der Waals surface area contributed by atoms with E-state index in [1.807, 2.05) is 30.3 Å². The molecule has 4 rings (SSSR count). The number of nitro benzene ring substituents is 1. The molecule has 2 atom stereocenters. The van der Waals surface area contributed by atoms with Crippen molar-refractivity contribution in [3.05, 3.63) is 88.2 Å². The van der Waals surface area contributed by atoms with Gasteiger partial charge in [0.25, 0.3) is 5.69 Å². The molecule has 7 nitrogen and oxygen atoms in total. The third-order valence-electron chi connectivity index (χ3n) is 4.71. The number of nitrogens with one attached hydrogen (secondary N) is 1. The Hall–Kier alpha value is -3.74. The van der Waals surface area contributed by atoms with E-state index in [2.05, 4.69) is 10.5 Å². The maximum atomic E-state index is 12.2. The number of carbonyl (C=O) groups excluding carboxylic acids is 1. The number of furan rings is 1. The summed E-state index contributed by atoms with van der Waals surface area (Å²) in [7, 11) is 0. The molecule has 0 spiro atoms. The van der Waals surface area contributed by atoms with Crippen LogP contribution < -0.4 is 5.43 Å². The average molecular weight is 375 g/mol. The van der Waals surface area contributed by atoms with Crippen LogP contribution in [0.2, 0.25) is 0 Å². The molecule has 1 N–H and O–H groups in total. The van der Waals surface area contributed by atoms with Crippen molar-refractivity contribution >= 4 is 17.8 Å². The number of hydrogen-bond donors (Lipinski definition) is 1. The monoisotopic (exact) mass is 375 g/mol. The van der Waals surface area contributed by atoms with E-state index in [1.54, 1.807) is 24.3 Å². The number of nitro groups is 1. The first-order chi connectivity index (χ1) is 13.6. The van der Waals surface area contributed by atoms with Gasteiger partial charge in [-0.15, -0.1) is 0 Å². The molecular formula is C21H17N3O4. The number of carbonyl (C=O) groups is 1. The minimum Gasteiger partial charge on any atom is -0.455 e. The Labute approximate surface area is 160 Å². The molecule has 28 heavy (non-hydrogen) atoms. The van der Waals surface area contributed by atoms with Crippen molar-refractivity contribution in [3.63, 3.8) is 0 Å². The molecule has 1 aliphatic carbocycles. The van der Waals surface area contributed by atoms with Crippen molar-refractivity contribution in [1.82, 2.24) is 5.43 Å². The molecular weight excluding hydrogens is 358 g/mol. The zero-order chi connectivity index (χ0) is 19.5. The number of benzene rings is 2. The second kappa shape index (κ2) is 7.48. The summed E-state index contributed by atoms with van der Waals surface area (Å²) < 4.78 is 5.65. The molecule has 1 fully saturated rings. The molecule has 7 heteroatoms. The largest absolute Gasteiger partial charge is 0.455 e. The van der Waals surface area contributed by atoms with Gasteiger partial charge in [-0.2, -0.15) is 5.10 Å². The van der Waals surface area contributed by atoms with Gasteiger partial charge in [-0.3, -0.25) is 14.9 Å². The first-order valence-electron chi connectivity index (χ1n) is 8.84. The summed E-state index contributed by atoms with van der Waals surface area (Å²) in [6.07, 6.45) is 2.27. The van der Waals surface area contributed by atoms with Crippen LogP contribution >= 0.6 is 0 Å². The fourth-order valence-corrected chi connectivity index (χ4v) is 3.12. The second-order valence-electron chi connectivity index (χ2n) is 6.60. The molecule has 0 radical (unpaired) electrons. The maximum Gasteiger partial charge on any atom is 0.269 e. The number of hydrazone groups is 1. The van der Waals surface area contributed by atoms with Gasteiger partial charge >= 0.3 is 0 Å². The molecule has 3 aromatic rings. The van der Waals surface area contributed by atoms with Crippen molar-refractivity contribution in [2.45, 2.75) is 12.3 Å². The van der Waals surface area contributed by atoms with Crippen LogP contribution in [0.1, 0.15) is 23.7 Å². The Morgan fingerprint density at radius 3 is 2.57 bits per heavy atom. The van der Waals surface area contributed by atoms with E-state index >= 15 is 0 Å². The Morgan fingerprint density at radius 2 is 1.86 bits per heavy atom. The Morgan fingerprint density at radius 1 is 1.11 bits per heavy atom. The van der Waals surface area contributed by atoms with Gasteiger partial charge in [0.15, 0.2) is 0 Å². The van der Waals surface area contributed by atoms with Crippen molar-refractivity contribution in [2.75, 3.05) is 0 Å². The Balaban J connectivity index is 1.33. The lowest BCUT2D eigenvalue weighted by Gasteiger charge is -1.99. The molecule has 140 valence electrons. The quantitative estimate of drug-likeness (QED) is 0.398. The van der Waals surface area contributed by atoms with Crippen LogP contribution in [0.15, 0.2) is 76.2 Å². The maximum absolute atomic E-state index is 12.2. The fraction of sp³-hybridized carbons (Fsp3) is 0.143. The van der Waals surface area contributed by atoms with E-state index in [1.165, 1.54) is 23.9 Å². The van der Waals surface area contributed by atoms with Gasteiger partial charge in [0.2, 0.25) is 5.91 Å². The van der Waals surface area contributed by atoms with Crippen LogP contribution in [0.25, 0.3) is 11.3 Å². The number of hydrogen-bond acceptors (Lipinski definition) is 5. The minimum atomic E-state index is -0.450. The summed E-state index contributed by atoms with van der Waals surface area (Å²) in [4.78, 5) is 22.4. The van der Waals surface area contributed by atoms with Gasteiger partial charge in [0, 0.05) is 23.6 Å². The highest BCUT2D eigenvalue weighted by Crippen LogP contribution is 2.47. The molecule has 1 heterocycles. The molecule has 0 aliphatic heterocycles. The van der Waals surface area contributed by atoms with Gasteiger partial charge in [0.05, 0.1) is 11.1 Å². The van der Waals surface area contributed by atoms with Crippen molar-refractivity contribution in [1.29, 1.82) is 0 Å². The predicted molar refractivity (Wildman–Crippen MR) is 104 cm³/mol. The summed E-state index contributed by atoms with van der Waals surface area (Å²) in [5.74, 6) is 1.14. The fourth-order valence-electron chi connectivity index (χ4n) is 3.12. The highest BCUT2D eigenvalue weighted by molar-refractivity contribution is 5.85. The van der Waals surface area contributed by atoms with Crippen molar-refractivity contribution in [3.8, 4) is 11.3 Å². The third kappa shape index (κ3) is 3.83. The normalized spacial score (nSPS) is 18.1. The first kappa shape index (κ1) is 17.7. The van der Waals surface area contributed by atoms with Gasteiger partial charge in [0.1, 0.15) is 11.5 Å². The number of nitrogens with zero attached hydrogens (tertiary/aromatic N) is 2. The second-order valence-corrected chi connectivity index (χ2v) is 6.60. The molecule has 1 aliphatic rings. The minimum absolute atomic E-state index is 0.0219. The topological polar surface area (TPSA) is 97.7 Å². The molecule has 0 saturated heterocycles. The first-order valence-corrected chi connectivity index (χ1v) is 8.84. The van der Waals surface area contributed by atoms with E-state index in [4.69, 9.17) is 4.42 Å². The van der Waals surface area contributed by atoms with Crippen LogP contribution in [0.3, 0.4) is 0 Å². The third-order valence-corrected chi connectivity index (χ3v) is 4.71. The predicted octanol–water partition coefficient (Wildman–Crippen LogP) is 4.11. The smallest absolute Gasteiger partial charge is 0.269 e. The van der Waals surface area contributed by atoms with Crippen LogP contribution in [-0.2, 0) is 4.79 Å². The van der Waals surface area contributed by atoms with Crippen LogP contribution in [0.5, 0.6) is 0 Å². The Kier molecular flexibility index (Phi) is 4.72. The van der Waals surface area contributed by atoms with Crippen LogP contribution in [-0.4, -0.2) is 17.0 Å². The SMILES string of the molecule is O=C(N/N=C\c1ccc(-c2ccc([N+](=O)[O-])cc2)o1)[C@H]1C[C@@H]1c1ccccc1. The number of non-ortho nitro benzene ring substituents is 1. The van der Waals surface area contributed by atoms with Crippen molar-refractivity contribution in [2.24, 2.45) is 11.0 Å². The summed E-state index contributed by atoms with van der Waals surface area (Å²) in [5.41, 5.74) is 4.47. The summed E-state index contributed by atoms with van der Waals surface area (Å²) in [6.45, 7) is 0. The standard InChI is InChI=1S/C21H17N3O4/c25-21(19-12-18(19)14-4-2-1-3-5-14)23-22-13-17-10-11-20(28-17)15-6-8-16(9-7-15)24(26)27/h1-11,13,18-19H,12H2,(H,23,25)/b22-13-/t18-,19+/m1/s1. The molecule has 0 unspecified atom stereocenters. The lowest BCUT2D eigenvalue weighted by Crippen LogP contribution is -2.20. The van der Waals surface area contributed by atoms with E-state index < -0.39 is 4.92 Å². The molecule has 1 saturated carbocycles. The zero-order valence-corrected chi connectivity index (χ0v) is 14.8. The highest BCUT2D eigenvalue weighted by atomic mass is 16.6. The molecule has 2 aromatic carbocycles. The van der Waals surface area contributed by atoms with E-state index in [-0.39, 0.29) is 23.4 Å². The summed E-state index contributed by atoms with van der Waals surface area (Å²) >= 11 is 0. The summed E-state index contributed by atoms with van der Waals surface area (Å²) in [6, 6.07) is 19.5. The van der Waals surface area contributed by atoms with E-state index in [9.17, 15) is 14.9 Å². The van der Waals surface area contributed by atoms with Gasteiger partial charge in [-0.1, -0.05) is 30.3 Å². The highest BCUT2D eigenvalue weighted by Gasteiger charge is 2.43. The lowest BCUT2D eigenvalue weighted by molar-refractivity contribution is -0.384. The lowest BCUT2D eigenvalue weighted by atomic mass is 10.1. The van der Waals surface area contributed by atoms with E-state index in [0.717, 1.165) is 12.0 Å². The molecule has 0 bridgehead atoms. The Bertz CT molecular complexity index is 1030. The average Bonchev–Trinajstić information content (AvgIpc) is 3.39. The van der Waals surface area contributed by atoms with Crippen LogP contribution in [0.4, 0.5) is 5.69 Å². The van der Waals surface area contributed by atoms with E-state index in [0.29, 0.717) is 11.5 Å². The molecule has 1 aromatic heterocycles.